The molecule has 2 nitrogen and oxygen atoms in total. The van der Waals surface area contributed by atoms with Crippen LogP contribution in [0.1, 0.15) is 21.5 Å². The molecule has 4 aromatic rings. The highest BCUT2D eigenvalue weighted by Gasteiger charge is 2.12. The molecule has 0 aliphatic rings. The van der Waals surface area contributed by atoms with Crippen LogP contribution in [-0.4, -0.2) is 24.3 Å². The second-order valence-corrected chi connectivity index (χ2v) is 7.62. The molecule has 0 spiro atoms. The minimum atomic E-state index is 0. The number of fused-ring (bicyclic) bond motifs is 1. The number of benzene rings is 4. The van der Waals surface area contributed by atoms with Crippen molar-refractivity contribution < 1.29 is 4.79 Å². The average Bonchev–Trinajstić information content (AvgIpc) is 2.79. The SMILES string of the molecule is C=CCN(C)Cc1ccc(-c2ccc(C(=O)c3cccc4ccccc34)cc2)cc1.Cl. The fourth-order valence-corrected chi connectivity index (χ4v) is 3.79. The van der Waals surface area contributed by atoms with Crippen molar-refractivity contribution in [3.05, 3.63) is 120 Å². The lowest BCUT2D eigenvalue weighted by molar-refractivity contribution is 0.104. The van der Waals surface area contributed by atoms with Gasteiger partial charge in [0.1, 0.15) is 0 Å². The van der Waals surface area contributed by atoms with Gasteiger partial charge in [0.25, 0.3) is 0 Å². The van der Waals surface area contributed by atoms with Crippen LogP contribution in [0.15, 0.2) is 104 Å². The molecular formula is C28H26ClNO. The van der Waals surface area contributed by atoms with Gasteiger partial charge in [-0.1, -0.05) is 97.1 Å². The summed E-state index contributed by atoms with van der Waals surface area (Å²) in [7, 11) is 2.08. The van der Waals surface area contributed by atoms with Gasteiger partial charge in [0.2, 0.25) is 0 Å². The van der Waals surface area contributed by atoms with E-state index in [2.05, 4.69) is 42.8 Å². The third-order valence-corrected chi connectivity index (χ3v) is 5.36. The Morgan fingerprint density at radius 3 is 2.13 bits per heavy atom. The Kier molecular flexibility index (Phi) is 7.41. The van der Waals surface area contributed by atoms with E-state index in [4.69, 9.17) is 0 Å². The third-order valence-electron chi connectivity index (χ3n) is 5.36. The Labute approximate surface area is 190 Å². The van der Waals surface area contributed by atoms with Crippen LogP contribution in [0.5, 0.6) is 0 Å². The first-order chi connectivity index (χ1) is 14.7. The Balaban J connectivity index is 0.00000272. The summed E-state index contributed by atoms with van der Waals surface area (Å²) in [6, 6.07) is 30.4. The van der Waals surface area contributed by atoms with Crippen LogP contribution >= 0.6 is 12.4 Å². The first kappa shape index (κ1) is 22.5. The predicted molar refractivity (Wildman–Crippen MR) is 133 cm³/mol. The van der Waals surface area contributed by atoms with Gasteiger partial charge in [-0.15, -0.1) is 19.0 Å². The average molecular weight is 428 g/mol. The molecule has 4 aromatic carbocycles. The molecule has 0 radical (unpaired) electrons. The molecule has 0 fully saturated rings. The zero-order valence-electron chi connectivity index (χ0n) is 17.6. The van der Waals surface area contributed by atoms with Gasteiger partial charge in [-0.3, -0.25) is 9.69 Å². The number of hydrogen-bond acceptors (Lipinski definition) is 2. The van der Waals surface area contributed by atoms with Crippen molar-refractivity contribution in [2.45, 2.75) is 6.54 Å². The maximum Gasteiger partial charge on any atom is 0.193 e. The summed E-state index contributed by atoms with van der Waals surface area (Å²) in [4.78, 5) is 15.3. The molecule has 0 heterocycles. The molecule has 0 amide bonds. The number of nitrogens with zero attached hydrogens (tertiary/aromatic N) is 1. The Bertz CT molecular complexity index is 1170. The molecule has 4 rings (SSSR count). The first-order valence-electron chi connectivity index (χ1n) is 10.2. The zero-order chi connectivity index (χ0) is 20.9. The van der Waals surface area contributed by atoms with Crippen molar-refractivity contribution in [3.8, 4) is 11.1 Å². The first-order valence-corrected chi connectivity index (χ1v) is 10.2. The van der Waals surface area contributed by atoms with E-state index in [1.807, 2.05) is 72.8 Å². The number of halogens is 1. The summed E-state index contributed by atoms with van der Waals surface area (Å²) in [5.41, 5.74) is 4.97. The molecule has 156 valence electrons. The summed E-state index contributed by atoms with van der Waals surface area (Å²) in [6.07, 6.45) is 1.91. The van der Waals surface area contributed by atoms with Crippen molar-refractivity contribution >= 4 is 29.0 Å². The molecule has 0 aliphatic heterocycles. The topological polar surface area (TPSA) is 20.3 Å². The summed E-state index contributed by atoms with van der Waals surface area (Å²) < 4.78 is 0. The van der Waals surface area contributed by atoms with Gasteiger partial charge in [0.05, 0.1) is 0 Å². The molecule has 0 unspecified atom stereocenters. The van der Waals surface area contributed by atoms with Crippen LogP contribution in [0.2, 0.25) is 0 Å². The minimum absolute atomic E-state index is 0. The van der Waals surface area contributed by atoms with Gasteiger partial charge in [-0.2, -0.15) is 0 Å². The van der Waals surface area contributed by atoms with Crippen LogP contribution in [0, 0.1) is 0 Å². The molecule has 3 heteroatoms. The molecule has 0 saturated carbocycles. The quantitative estimate of drug-likeness (QED) is 0.239. The molecule has 0 saturated heterocycles. The van der Waals surface area contributed by atoms with Crippen LogP contribution in [0.3, 0.4) is 0 Å². The van der Waals surface area contributed by atoms with Crippen molar-refractivity contribution in [1.82, 2.24) is 4.90 Å². The van der Waals surface area contributed by atoms with Gasteiger partial charge >= 0.3 is 0 Å². The standard InChI is InChI=1S/C28H25NO.ClH/c1-3-19-29(2)20-21-11-13-22(14-12-21)23-15-17-25(18-16-23)28(30)27-10-6-8-24-7-4-5-9-26(24)27;/h3-18H,1,19-20H2,2H3;1H. The molecule has 31 heavy (non-hydrogen) atoms. The van der Waals surface area contributed by atoms with Crippen LogP contribution < -0.4 is 0 Å². The Hall–Kier alpha value is -3.20. The lowest BCUT2D eigenvalue weighted by Gasteiger charge is -2.14. The smallest absolute Gasteiger partial charge is 0.193 e. The van der Waals surface area contributed by atoms with Crippen molar-refractivity contribution in [3.63, 3.8) is 0 Å². The molecular weight excluding hydrogens is 402 g/mol. The molecule has 0 atom stereocenters. The van der Waals surface area contributed by atoms with E-state index in [1.165, 1.54) is 5.56 Å². The fourth-order valence-electron chi connectivity index (χ4n) is 3.79. The number of carbonyl (C=O) groups is 1. The molecule has 0 N–H and O–H groups in total. The highest BCUT2D eigenvalue weighted by Crippen LogP contribution is 2.24. The van der Waals surface area contributed by atoms with Gasteiger partial charge < -0.3 is 0 Å². The van der Waals surface area contributed by atoms with E-state index >= 15 is 0 Å². The predicted octanol–water partition coefficient (Wildman–Crippen LogP) is 6.78. The number of hydrogen-bond donors (Lipinski definition) is 0. The van der Waals surface area contributed by atoms with Gasteiger partial charge in [0, 0.05) is 24.2 Å². The second kappa shape index (κ2) is 10.2. The Morgan fingerprint density at radius 1 is 0.839 bits per heavy atom. The number of carbonyl (C=O) groups excluding carboxylic acids is 1. The molecule has 0 aliphatic carbocycles. The Morgan fingerprint density at radius 2 is 1.45 bits per heavy atom. The molecule has 0 aromatic heterocycles. The van der Waals surface area contributed by atoms with E-state index in [9.17, 15) is 4.79 Å². The second-order valence-electron chi connectivity index (χ2n) is 7.62. The van der Waals surface area contributed by atoms with Crippen LogP contribution in [0.25, 0.3) is 21.9 Å². The van der Waals surface area contributed by atoms with Crippen molar-refractivity contribution in [2.75, 3.05) is 13.6 Å². The lowest BCUT2D eigenvalue weighted by atomic mass is 9.95. The van der Waals surface area contributed by atoms with Gasteiger partial charge in [0.15, 0.2) is 5.78 Å². The van der Waals surface area contributed by atoms with E-state index < -0.39 is 0 Å². The fraction of sp³-hybridized carbons (Fsp3) is 0.107. The summed E-state index contributed by atoms with van der Waals surface area (Å²) in [5, 5.41) is 2.07. The number of likely N-dealkylation sites (N-methyl/N-ethyl adjacent to an activating group) is 1. The van der Waals surface area contributed by atoms with Gasteiger partial charge in [-0.25, -0.2) is 0 Å². The van der Waals surface area contributed by atoms with Gasteiger partial charge in [-0.05, 0) is 34.5 Å². The highest BCUT2D eigenvalue weighted by atomic mass is 35.5. The van der Waals surface area contributed by atoms with E-state index in [-0.39, 0.29) is 18.2 Å². The highest BCUT2D eigenvalue weighted by molar-refractivity contribution is 6.16. The number of ketones is 1. The van der Waals surface area contributed by atoms with Crippen molar-refractivity contribution in [2.24, 2.45) is 0 Å². The normalized spacial score (nSPS) is 10.6. The van der Waals surface area contributed by atoms with E-state index in [0.717, 1.165) is 40.6 Å². The number of rotatable bonds is 7. The summed E-state index contributed by atoms with van der Waals surface area (Å²) in [5.74, 6) is 0.0546. The summed E-state index contributed by atoms with van der Waals surface area (Å²) in [6.45, 7) is 5.55. The maximum absolute atomic E-state index is 13.1. The lowest BCUT2D eigenvalue weighted by Crippen LogP contribution is -2.17. The van der Waals surface area contributed by atoms with E-state index in [0.29, 0.717) is 5.56 Å². The van der Waals surface area contributed by atoms with Crippen LogP contribution in [-0.2, 0) is 6.54 Å². The third kappa shape index (κ3) is 5.11. The summed E-state index contributed by atoms with van der Waals surface area (Å²) >= 11 is 0. The zero-order valence-corrected chi connectivity index (χ0v) is 18.4. The maximum atomic E-state index is 13.1. The monoisotopic (exact) mass is 427 g/mol. The largest absolute Gasteiger partial charge is 0.298 e. The van der Waals surface area contributed by atoms with E-state index in [1.54, 1.807) is 0 Å². The van der Waals surface area contributed by atoms with Crippen LogP contribution in [0.4, 0.5) is 0 Å². The van der Waals surface area contributed by atoms with Crippen molar-refractivity contribution in [1.29, 1.82) is 0 Å². The molecule has 0 bridgehead atoms. The minimum Gasteiger partial charge on any atom is -0.298 e.